The van der Waals surface area contributed by atoms with E-state index in [0.29, 0.717) is 38.4 Å². The summed E-state index contributed by atoms with van der Waals surface area (Å²) in [7, 11) is -2.27. The Morgan fingerprint density at radius 1 is 1.17 bits per heavy atom. The van der Waals surface area contributed by atoms with Gasteiger partial charge in [-0.25, -0.2) is 9.97 Å². The lowest BCUT2D eigenvalue weighted by molar-refractivity contribution is 0.264. The van der Waals surface area contributed by atoms with Crippen LogP contribution in [0.3, 0.4) is 0 Å². The molecule has 2 aromatic rings. The monoisotopic (exact) mass is 353 g/mol. The Bertz CT molecular complexity index is 841. The molecule has 0 radical (unpaired) electrons. The van der Waals surface area contributed by atoms with Crippen LogP contribution in [-0.4, -0.2) is 68.1 Å². The number of piperazine rings is 1. The molecule has 2 aromatic heterocycles. The molecule has 1 fully saturated rings. The second-order valence-electron chi connectivity index (χ2n) is 5.88. The number of anilines is 1. The molecule has 0 unspecified atom stereocenters. The predicted molar refractivity (Wildman–Crippen MR) is 90.3 cm³/mol. The third-order valence-corrected chi connectivity index (χ3v) is 5.04. The molecule has 130 valence electrons. The molecule has 2 N–H and O–H groups in total. The highest BCUT2D eigenvalue weighted by molar-refractivity contribution is 7.51. The molecule has 24 heavy (non-hydrogen) atoms. The predicted octanol–water partition coefficient (Wildman–Crippen LogP) is -0.372. The van der Waals surface area contributed by atoms with Gasteiger partial charge in [-0.2, -0.15) is 0 Å². The molecule has 3 rings (SSSR count). The maximum atomic E-state index is 11.7. The molecule has 0 saturated carbocycles. The third-order valence-electron chi connectivity index (χ3n) is 4.26. The summed E-state index contributed by atoms with van der Waals surface area (Å²) >= 11 is 0. The highest BCUT2D eigenvalue weighted by Gasteiger charge is 2.22. The average molecular weight is 353 g/mol. The Balaban J connectivity index is 1.75. The number of pyridine rings is 1. The minimum Gasteiger partial charge on any atom is -0.353 e. The van der Waals surface area contributed by atoms with Gasteiger partial charge in [0.1, 0.15) is 17.8 Å². The lowest BCUT2D eigenvalue weighted by Gasteiger charge is -2.35. The van der Waals surface area contributed by atoms with Gasteiger partial charge in [-0.15, -0.1) is 0 Å². The summed E-state index contributed by atoms with van der Waals surface area (Å²) in [5.74, 6) is 0.783. The van der Waals surface area contributed by atoms with E-state index in [1.54, 1.807) is 13.1 Å². The highest BCUT2D eigenvalue weighted by atomic mass is 31.2. The summed E-state index contributed by atoms with van der Waals surface area (Å²) < 4.78 is 12.5. The maximum Gasteiger partial charge on any atom is 0.326 e. The van der Waals surface area contributed by atoms with Gasteiger partial charge in [-0.05, 0) is 6.07 Å². The fourth-order valence-corrected chi connectivity index (χ4v) is 3.41. The summed E-state index contributed by atoms with van der Waals surface area (Å²) in [6.07, 6.45) is 1.34. The van der Waals surface area contributed by atoms with E-state index in [-0.39, 0.29) is 11.7 Å². The molecule has 0 bridgehead atoms. The Morgan fingerprint density at radius 3 is 2.54 bits per heavy atom. The normalized spacial score (nSPS) is 16.7. The summed E-state index contributed by atoms with van der Waals surface area (Å²) in [5, 5.41) is 0.822. The minimum atomic E-state index is -3.96. The van der Waals surface area contributed by atoms with Gasteiger partial charge >= 0.3 is 7.60 Å². The van der Waals surface area contributed by atoms with E-state index in [1.165, 1.54) is 17.0 Å². The third kappa shape index (κ3) is 3.64. The standard InChI is InChI=1S/C14H20N5O4P/c1-17-12(20)3-2-11-13(17)15-10-16-14(11)19-6-4-18(5-7-19)8-9-24(21,22)23/h2-3,10H,4-9H2,1H3,(H2,21,22,23). The molecule has 0 aromatic carbocycles. The average Bonchev–Trinajstić information content (AvgIpc) is 2.56. The van der Waals surface area contributed by atoms with Crippen molar-refractivity contribution in [2.24, 2.45) is 7.05 Å². The van der Waals surface area contributed by atoms with Crippen LogP contribution >= 0.6 is 7.60 Å². The van der Waals surface area contributed by atoms with Crippen LogP contribution in [0, 0.1) is 0 Å². The molecule has 1 saturated heterocycles. The van der Waals surface area contributed by atoms with Crippen molar-refractivity contribution in [3.63, 3.8) is 0 Å². The van der Waals surface area contributed by atoms with Gasteiger partial charge in [0, 0.05) is 45.8 Å². The topological polar surface area (TPSA) is 112 Å². The van der Waals surface area contributed by atoms with Gasteiger partial charge in [-0.3, -0.25) is 18.8 Å². The van der Waals surface area contributed by atoms with E-state index >= 15 is 0 Å². The Hall–Kier alpha value is -1.80. The highest BCUT2D eigenvalue weighted by Crippen LogP contribution is 2.33. The van der Waals surface area contributed by atoms with Crippen molar-refractivity contribution in [1.82, 2.24) is 19.4 Å². The van der Waals surface area contributed by atoms with E-state index < -0.39 is 7.60 Å². The molecular weight excluding hydrogens is 333 g/mol. The number of aryl methyl sites for hydroxylation is 1. The zero-order valence-corrected chi connectivity index (χ0v) is 14.3. The number of hydrogen-bond acceptors (Lipinski definition) is 6. The number of aromatic nitrogens is 3. The van der Waals surface area contributed by atoms with Crippen LogP contribution in [-0.2, 0) is 11.6 Å². The molecule has 0 aliphatic carbocycles. The second-order valence-corrected chi connectivity index (χ2v) is 7.66. The van der Waals surface area contributed by atoms with Crippen LogP contribution in [0.4, 0.5) is 5.82 Å². The number of rotatable bonds is 4. The second kappa shape index (κ2) is 6.60. The molecule has 3 heterocycles. The van der Waals surface area contributed by atoms with Gasteiger partial charge in [-0.1, -0.05) is 0 Å². The van der Waals surface area contributed by atoms with Gasteiger partial charge in [0.25, 0.3) is 5.56 Å². The van der Waals surface area contributed by atoms with Crippen molar-refractivity contribution in [3.8, 4) is 0 Å². The van der Waals surface area contributed by atoms with E-state index in [0.717, 1.165) is 11.2 Å². The summed E-state index contributed by atoms with van der Waals surface area (Å²) in [6.45, 7) is 3.21. The molecule has 0 spiro atoms. The van der Waals surface area contributed by atoms with Crippen molar-refractivity contribution >= 4 is 24.4 Å². The van der Waals surface area contributed by atoms with Crippen molar-refractivity contribution in [2.45, 2.75) is 0 Å². The molecular formula is C14H20N5O4P. The van der Waals surface area contributed by atoms with Gasteiger partial charge in [0.2, 0.25) is 0 Å². The largest absolute Gasteiger partial charge is 0.353 e. The first-order chi connectivity index (χ1) is 11.3. The van der Waals surface area contributed by atoms with Crippen LogP contribution < -0.4 is 10.5 Å². The van der Waals surface area contributed by atoms with Crippen LogP contribution in [0.15, 0.2) is 23.3 Å². The van der Waals surface area contributed by atoms with Gasteiger partial charge < -0.3 is 14.7 Å². The molecule has 9 nitrogen and oxygen atoms in total. The van der Waals surface area contributed by atoms with Crippen LogP contribution in [0.1, 0.15) is 0 Å². The van der Waals surface area contributed by atoms with E-state index in [2.05, 4.69) is 14.9 Å². The maximum absolute atomic E-state index is 11.7. The van der Waals surface area contributed by atoms with Gasteiger partial charge in [0.05, 0.1) is 11.5 Å². The van der Waals surface area contributed by atoms with E-state index in [9.17, 15) is 9.36 Å². The molecule has 0 atom stereocenters. The van der Waals surface area contributed by atoms with Crippen molar-refractivity contribution in [3.05, 3.63) is 28.8 Å². The molecule has 1 aliphatic rings. The number of fused-ring (bicyclic) bond motifs is 1. The smallest absolute Gasteiger partial charge is 0.326 e. The van der Waals surface area contributed by atoms with E-state index in [1.807, 2.05) is 4.90 Å². The van der Waals surface area contributed by atoms with Crippen LogP contribution in [0.5, 0.6) is 0 Å². The molecule has 0 amide bonds. The summed E-state index contributed by atoms with van der Waals surface area (Å²) in [4.78, 5) is 42.4. The SMILES string of the molecule is Cn1c(=O)ccc2c(N3CCN(CCP(=O)(O)O)CC3)ncnc21. The fraction of sp³-hybridized carbons (Fsp3) is 0.500. The van der Waals surface area contributed by atoms with E-state index in [4.69, 9.17) is 9.79 Å². The lowest BCUT2D eigenvalue weighted by atomic mass is 10.2. The summed E-state index contributed by atoms with van der Waals surface area (Å²) in [6, 6.07) is 3.25. The first-order valence-corrected chi connectivity index (χ1v) is 9.47. The quantitative estimate of drug-likeness (QED) is 0.716. The Labute approximate surface area is 138 Å². The van der Waals surface area contributed by atoms with Crippen molar-refractivity contribution < 1.29 is 14.4 Å². The molecule has 10 heteroatoms. The van der Waals surface area contributed by atoms with Crippen molar-refractivity contribution in [2.75, 3.05) is 43.8 Å². The van der Waals surface area contributed by atoms with Crippen LogP contribution in [0.2, 0.25) is 0 Å². The lowest BCUT2D eigenvalue weighted by Crippen LogP contribution is -2.47. The minimum absolute atomic E-state index is 0.116. The Kier molecular flexibility index (Phi) is 4.69. The number of nitrogens with zero attached hydrogens (tertiary/aromatic N) is 5. The first kappa shape index (κ1) is 17.0. The number of hydrogen-bond donors (Lipinski definition) is 2. The summed E-state index contributed by atoms with van der Waals surface area (Å²) in [5.41, 5.74) is 0.478. The Morgan fingerprint density at radius 2 is 1.88 bits per heavy atom. The zero-order chi connectivity index (χ0) is 17.3. The zero-order valence-electron chi connectivity index (χ0n) is 13.4. The fourth-order valence-electron chi connectivity index (χ4n) is 2.87. The first-order valence-electron chi connectivity index (χ1n) is 7.68. The molecule has 1 aliphatic heterocycles. The van der Waals surface area contributed by atoms with Crippen molar-refractivity contribution in [1.29, 1.82) is 0 Å². The van der Waals surface area contributed by atoms with Crippen LogP contribution in [0.25, 0.3) is 11.0 Å². The van der Waals surface area contributed by atoms with Gasteiger partial charge in [0.15, 0.2) is 0 Å².